The minimum atomic E-state index is 0.619. The van der Waals surface area contributed by atoms with Gasteiger partial charge in [0.05, 0.1) is 6.54 Å². The summed E-state index contributed by atoms with van der Waals surface area (Å²) < 4.78 is 0. The maximum Gasteiger partial charge on any atom is 0.191 e. The van der Waals surface area contributed by atoms with Crippen LogP contribution < -0.4 is 15.5 Å². The van der Waals surface area contributed by atoms with E-state index >= 15 is 0 Å². The molecular weight excluding hydrogens is 334 g/mol. The Morgan fingerprint density at radius 1 is 1.07 bits per heavy atom. The van der Waals surface area contributed by atoms with Gasteiger partial charge in [0.15, 0.2) is 5.96 Å². The summed E-state index contributed by atoms with van der Waals surface area (Å²) in [4.78, 5) is 11.7. The molecule has 1 fully saturated rings. The summed E-state index contributed by atoms with van der Waals surface area (Å²) in [6.45, 7) is 8.85. The summed E-state index contributed by atoms with van der Waals surface area (Å²) in [7, 11) is 0. The van der Waals surface area contributed by atoms with Gasteiger partial charge in [-0.15, -0.1) is 0 Å². The fraction of sp³-hybridized carbons (Fsp3) is 0.455. The standard InChI is InChI=1S/C22H31N5/c1-3-23-22(25-15-19-7-5-4-6-8-19)26-17-20-9-10-21(24-16-20)27-13-11-18(2)12-14-27/h4-10,16,18H,3,11-15,17H2,1-2H3,(H2,23,25,26). The number of nitrogens with one attached hydrogen (secondary N) is 2. The van der Waals surface area contributed by atoms with Crippen LogP contribution in [0.5, 0.6) is 0 Å². The first-order chi connectivity index (χ1) is 13.2. The molecule has 5 nitrogen and oxygen atoms in total. The van der Waals surface area contributed by atoms with Crippen molar-refractivity contribution in [2.24, 2.45) is 10.9 Å². The lowest BCUT2D eigenvalue weighted by molar-refractivity contribution is 0.436. The molecule has 1 aliphatic heterocycles. The molecule has 1 aromatic heterocycles. The third-order valence-corrected chi connectivity index (χ3v) is 4.98. The summed E-state index contributed by atoms with van der Waals surface area (Å²) in [5.41, 5.74) is 2.37. The molecule has 1 aromatic carbocycles. The highest BCUT2D eigenvalue weighted by Gasteiger charge is 2.16. The van der Waals surface area contributed by atoms with Crippen molar-refractivity contribution in [1.82, 2.24) is 15.6 Å². The maximum atomic E-state index is 4.69. The predicted molar refractivity (Wildman–Crippen MR) is 113 cm³/mol. The molecule has 0 aliphatic carbocycles. The molecular formula is C22H31N5. The zero-order valence-electron chi connectivity index (χ0n) is 16.5. The largest absolute Gasteiger partial charge is 0.357 e. The Hall–Kier alpha value is -2.56. The number of pyridine rings is 1. The molecule has 0 amide bonds. The second kappa shape index (κ2) is 9.95. The SMILES string of the molecule is CCNC(=NCc1ccc(N2CCC(C)CC2)nc1)NCc1ccccc1. The van der Waals surface area contributed by atoms with E-state index in [1.807, 2.05) is 12.3 Å². The molecule has 0 atom stereocenters. The highest BCUT2D eigenvalue weighted by atomic mass is 15.2. The first kappa shape index (κ1) is 19.2. The van der Waals surface area contributed by atoms with Crippen LogP contribution in [-0.2, 0) is 13.1 Å². The number of hydrogen-bond donors (Lipinski definition) is 2. The normalized spacial score (nSPS) is 15.6. The van der Waals surface area contributed by atoms with E-state index in [4.69, 9.17) is 4.99 Å². The molecule has 144 valence electrons. The molecule has 1 saturated heterocycles. The van der Waals surface area contributed by atoms with Crippen LogP contribution in [0, 0.1) is 5.92 Å². The zero-order valence-corrected chi connectivity index (χ0v) is 16.5. The third-order valence-electron chi connectivity index (χ3n) is 4.98. The van der Waals surface area contributed by atoms with Crippen LogP contribution in [0.15, 0.2) is 53.7 Å². The van der Waals surface area contributed by atoms with Crippen LogP contribution in [0.3, 0.4) is 0 Å². The monoisotopic (exact) mass is 365 g/mol. The van der Waals surface area contributed by atoms with Gasteiger partial charge in [0, 0.05) is 32.4 Å². The Kier molecular flexibility index (Phi) is 7.08. The third kappa shape index (κ3) is 5.98. The molecule has 5 heteroatoms. The van der Waals surface area contributed by atoms with Crippen LogP contribution in [0.2, 0.25) is 0 Å². The second-order valence-corrected chi connectivity index (χ2v) is 7.23. The minimum Gasteiger partial charge on any atom is -0.357 e. The minimum absolute atomic E-state index is 0.619. The molecule has 0 unspecified atom stereocenters. The first-order valence-electron chi connectivity index (χ1n) is 10.0. The summed E-state index contributed by atoms with van der Waals surface area (Å²) in [6, 6.07) is 14.6. The van der Waals surface area contributed by atoms with Gasteiger partial charge in [-0.1, -0.05) is 43.3 Å². The van der Waals surface area contributed by atoms with Crippen LogP contribution in [0.4, 0.5) is 5.82 Å². The Morgan fingerprint density at radius 3 is 2.52 bits per heavy atom. The molecule has 0 saturated carbocycles. The lowest BCUT2D eigenvalue weighted by Crippen LogP contribution is -2.36. The summed E-state index contributed by atoms with van der Waals surface area (Å²) >= 11 is 0. The van der Waals surface area contributed by atoms with E-state index in [9.17, 15) is 0 Å². The number of rotatable bonds is 6. The van der Waals surface area contributed by atoms with Gasteiger partial charge < -0.3 is 15.5 Å². The van der Waals surface area contributed by atoms with E-state index in [1.54, 1.807) is 0 Å². The molecule has 0 bridgehead atoms. The Balaban J connectivity index is 1.55. The smallest absolute Gasteiger partial charge is 0.191 e. The van der Waals surface area contributed by atoms with E-state index in [2.05, 4.69) is 70.8 Å². The molecule has 2 heterocycles. The zero-order chi connectivity index (χ0) is 18.9. The topological polar surface area (TPSA) is 52.6 Å². The average Bonchev–Trinajstić information content (AvgIpc) is 2.72. The lowest BCUT2D eigenvalue weighted by atomic mass is 9.99. The number of piperidine rings is 1. The maximum absolute atomic E-state index is 4.69. The fourth-order valence-corrected chi connectivity index (χ4v) is 3.23. The van der Waals surface area contributed by atoms with Crippen LogP contribution in [-0.4, -0.2) is 30.6 Å². The quantitative estimate of drug-likeness (QED) is 0.607. The van der Waals surface area contributed by atoms with Gasteiger partial charge in [0.1, 0.15) is 5.82 Å². The van der Waals surface area contributed by atoms with Gasteiger partial charge in [0.25, 0.3) is 0 Å². The second-order valence-electron chi connectivity index (χ2n) is 7.23. The van der Waals surface area contributed by atoms with E-state index in [1.165, 1.54) is 18.4 Å². The van der Waals surface area contributed by atoms with Crippen molar-refractivity contribution in [3.8, 4) is 0 Å². The van der Waals surface area contributed by atoms with Crippen molar-refractivity contribution >= 4 is 11.8 Å². The molecule has 2 aromatic rings. The number of aliphatic imine (C=N–C) groups is 1. The van der Waals surface area contributed by atoms with Gasteiger partial charge in [-0.25, -0.2) is 9.98 Å². The van der Waals surface area contributed by atoms with E-state index < -0.39 is 0 Å². The molecule has 0 spiro atoms. The van der Waals surface area contributed by atoms with Crippen molar-refractivity contribution in [3.05, 3.63) is 59.8 Å². The fourth-order valence-electron chi connectivity index (χ4n) is 3.23. The van der Waals surface area contributed by atoms with Gasteiger partial charge >= 0.3 is 0 Å². The molecule has 0 radical (unpaired) electrons. The van der Waals surface area contributed by atoms with Crippen molar-refractivity contribution in [2.75, 3.05) is 24.5 Å². The molecule has 1 aliphatic rings. The highest BCUT2D eigenvalue weighted by molar-refractivity contribution is 5.79. The Bertz CT molecular complexity index is 703. The van der Waals surface area contributed by atoms with E-state index in [0.717, 1.165) is 49.4 Å². The van der Waals surface area contributed by atoms with Crippen molar-refractivity contribution in [3.63, 3.8) is 0 Å². The number of hydrogen-bond acceptors (Lipinski definition) is 3. The number of guanidine groups is 1. The summed E-state index contributed by atoms with van der Waals surface area (Å²) in [6.07, 6.45) is 4.47. The summed E-state index contributed by atoms with van der Waals surface area (Å²) in [5, 5.41) is 6.69. The van der Waals surface area contributed by atoms with Crippen LogP contribution in [0.1, 0.15) is 37.8 Å². The molecule has 27 heavy (non-hydrogen) atoms. The number of benzene rings is 1. The van der Waals surface area contributed by atoms with E-state index in [0.29, 0.717) is 6.54 Å². The highest BCUT2D eigenvalue weighted by Crippen LogP contribution is 2.21. The van der Waals surface area contributed by atoms with Crippen molar-refractivity contribution in [2.45, 2.75) is 39.8 Å². The lowest BCUT2D eigenvalue weighted by Gasteiger charge is -2.31. The average molecular weight is 366 g/mol. The number of nitrogens with zero attached hydrogens (tertiary/aromatic N) is 3. The van der Waals surface area contributed by atoms with E-state index in [-0.39, 0.29) is 0 Å². The van der Waals surface area contributed by atoms with Gasteiger partial charge in [-0.2, -0.15) is 0 Å². The summed E-state index contributed by atoms with van der Waals surface area (Å²) in [5.74, 6) is 2.75. The molecule has 2 N–H and O–H groups in total. The van der Waals surface area contributed by atoms with Crippen LogP contribution in [0.25, 0.3) is 0 Å². The van der Waals surface area contributed by atoms with Gasteiger partial charge in [0.2, 0.25) is 0 Å². The first-order valence-corrected chi connectivity index (χ1v) is 10.0. The molecule has 3 rings (SSSR count). The van der Waals surface area contributed by atoms with Gasteiger partial charge in [-0.05, 0) is 42.9 Å². The van der Waals surface area contributed by atoms with Crippen molar-refractivity contribution in [1.29, 1.82) is 0 Å². The van der Waals surface area contributed by atoms with Crippen molar-refractivity contribution < 1.29 is 0 Å². The Morgan fingerprint density at radius 2 is 1.85 bits per heavy atom. The van der Waals surface area contributed by atoms with Crippen LogP contribution >= 0.6 is 0 Å². The number of anilines is 1. The Labute approximate surface area is 162 Å². The number of aromatic nitrogens is 1. The van der Waals surface area contributed by atoms with Gasteiger partial charge in [-0.3, -0.25) is 0 Å². The predicted octanol–water partition coefficient (Wildman–Crippen LogP) is 3.57.